The number of phenols is 2. The molecule has 0 amide bonds. The van der Waals surface area contributed by atoms with E-state index in [2.05, 4.69) is 6.92 Å². The van der Waals surface area contributed by atoms with E-state index in [1.807, 2.05) is 6.07 Å². The van der Waals surface area contributed by atoms with Crippen molar-refractivity contribution >= 4 is 0 Å². The van der Waals surface area contributed by atoms with Crippen molar-refractivity contribution in [1.82, 2.24) is 0 Å². The van der Waals surface area contributed by atoms with Gasteiger partial charge in [0, 0.05) is 0 Å². The molecule has 16 heavy (non-hydrogen) atoms. The highest BCUT2D eigenvalue weighted by Crippen LogP contribution is 2.25. The predicted molar refractivity (Wildman–Crippen MR) is 66.9 cm³/mol. The van der Waals surface area contributed by atoms with Crippen molar-refractivity contribution in [2.75, 3.05) is 0 Å². The molecule has 0 radical (unpaired) electrons. The summed E-state index contributed by atoms with van der Waals surface area (Å²) in [5, 5.41) is 18.5. The van der Waals surface area contributed by atoms with Gasteiger partial charge in [-0.3, -0.25) is 0 Å². The Kier molecular flexibility index (Phi) is 5.76. The fourth-order valence-corrected chi connectivity index (χ4v) is 1.83. The normalized spacial score (nSPS) is 10.6. The molecule has 0 aromatic heterocycles. The number of aryl methyl sites for hydroxylation is 1. The van der Waals surface area contributed by atoms with E-state index in [9.17, 15) is 5.11 Å². The minimum atomic E-state index is -0.0355. The molecular weight excluding hydrogens is 200 g/mol. The minimum absolute atomic E-state index is 0.0107. The lowest BCUT2D eigenvalue weighted by molar-refractivity contribution is 0.403. The number of phenolic OH excluding ortho intramolecular Hbond substituents is 2. The average molecular weight is 222 g/mol. The van der Waals surface area contributed by atoms with Crippen molar-refractivity contribution in [2.24, 2.45) is 0 Å². The summed E-state index contributed by atoms with van der Waals surface area (Å²) < 4.78 is 0. The largest absolute Gasteiger partial charge is 0.504 e. The second-order valence-electron chi connectivity index (χ2n) is 4.34. The van der Waals surface area contributed by atoms with Gasteiger partial charge in [0.2, 0.25) is 0 Å². The summed E-state index contributed by atoms with van der Waals surface area (Å²) in [6.45, 7) is 2.22. The van der Waals surface area contributed by atoms with Gasteiger partial charge in [-0.1, -0.05) is 45.1 Å². The summed E-state index contributed by atoms with van der Waals surface area (Å²) in [6.07, 6.45) is 8.65. The van der Waals surface area contributed by atoms with Crippen LogP contribution in [0.2, 0.25) is 0 Å². The van der Waals surface area contributed by atoms with Crippen LogP contribution in [-0.2, 0) is 6.42 Å². The third kappa shape index (κ3) is 4.56. The average Bonchev–Trinajstić information content (AvgIpc) is 2.28. The zero-order valence-corrected chi connectivity index (χ0v) is 10.1. The van der Waals surface area contributed by atoms with Crippen LogP contribution in [0.25, 0.3) is 0 Å². The van der Waals surface area contributed by atoms with Crippen LogP contribution in [0.1, 0.15) is 51.0 Å². The number of hydrogen-bond acceptors (Lipinski definition) is 2. The molecule has 0 saturated carbocycles. The monoisotopic (exact) mass is 222 g/mol. The Morgan fingerprint density at radius 1 is 0.875 bits per heavy atom. The summed E-state index contributed by atoms with van der Waals surface area (Å²) >= 11 is 0. The van der Waals surface area contributed by atoms with Crippen molar-refractivity contribution in [3.63, 3.8) is 0 Å². The minimum Gasteiger partial charge on any atom is -0.504 e. The summed E-state index contributed by atoms with van der Waals surface area (Å²) in [4.78, 5) is 0. The van der Waals surface area contributed by atoms with E-state index < -0.39 is 0 Å². The molecule has 0 aliphatic heterocycles. The molecule has 0 fully saturated rings. The van der Waals surface area contributed by atoms with Crippen molar-refractivity contribution in [3.8, 4) is 11.5 Å². The van der Waals surface area contributed by atoms with Crippen LogP contribution in [0.5, 0.6) is 11.5 Å². The molecule has 0 saturated heterocycles. The molecule has 2 heteroatoms. The highest BCUT2D eigenvalue weighted by molar-refractivity contribution is 5.40. The van der Waals surface area contributed by atoms with E-state index in [0.717, 1.165) is 18.4 Å². The quantitative estimate of drug-likeness (QED) is 0.540. The molecule has 1 aromatic carbocycles. The Hall–Kier alpha value is -1.18. The Morgan fingerprint density at radius 3 is 2.25 bits per heavy atom. The number of rotatable bonds is 7. The summed E-state index contributed by atoms with van der Waals surface area (Å²) in [6, 6.07) is 5.09. The van der Waals surface area contributed by atoms with Crippen LogP contribution in [0.15, 0.2) is 18.2 Å². The van der Waals surface area contributed by atoms with E-state index in [1.165, 1.54) is 32.1 Å². The van der Waals surface area contributed by atoms with E-state index >= 15 is 0 Å². The molecule has 0 spiro atoms. The van der Waals surface area contributed by atoms with Gasteiger partial charge < -0.3 is 10.2 Å². The van der Waals surface area contributed by atoms with E-state index in [1.54, 1.807) is 12.1 Å². The number of unbranched alkanes of at least 4 members (excludes halogenated alkanes) is 5. The second-order valence-corrected chi connectivity index (χ2v) is 4.34. The summed E-state index contributed by atoms with van der Waals surface area (Å²) in [5.41, 5.74) is 1.10. The molecule has 0 unspecified atom stereocenters. The number of hydrogen-bond donors (Lipinski definition) is 2. The first-order valence-electron chi connectivity index (χ1n) is 6.25. The van der Waals surface area contributed by atoms with Gasteiger partial charge in [-0.25, -0.2) is 0 Å². The van der Waals surface area contributed by atoms with Crippen LogP contribution in [0.3, 0.4) is 0 Å². The second kappa shape index (κ2) is 7.15. The molecule has 1 aromatic rings. The Morgan fingerprint density at radius 2 is 1.56 bits per heavy atom. The van der Waals surface area contributed by atoms with E-state index in [4.69, 9.17) is 5.11 Å². The van der Waals surface area contributed by atoms with Crippen LogP contribution in [0.4, 0.5) is 0 Å². The van der Waals surface area contributed by atoms with Crippen LogP contribution >= 0.6 is 0 Å². The highest BCUT2D eigenvalue weighted by Gasteiger charge is 2.00. The third-order valence-electron chi connectivity index (χ3n) is 2.86. The Balaban J connectivity index is 2.19. The molecule has 2 N–H and O–H groups in total. The van der Waals surface area contributed by atoms with Gasteiger partial charge in [-0.15, -0.1) is 0 Å². The molecule has 0 aliphatic rings. The zero-order valence-electron chi connectivity index (χ0n) is 10.1. The lowest BCUT2D eigenvalue weighted by Gasteiger charge is -2.03. The molecule has 2 nitrogen and oxygen atoms in total. The van der Waals surface area contributed by atoms with Crippen molar-refractivity contribution in [1.29, 1.82) is 0 Å². The van der Waals surface area contributed by atoms with Crippen LogP contribution in [0, 0.1) is 0 Å². The lowest BCUT2D eigenvalue weighted by Crippen LogP contribution is -1.86. The van der Waals surface area contributed by atoms with Crippen LogP contribution < -0.4 is 0 Å². The standard InChI is InChI=1S/C14H22O2/c1-2-3-4-5-6-7-8-12-9-10-13(15)14(16)11-12/h9-11,15-16H,2-8H2,1H3. The number of benzene rings is 1. The van der Waals surface area contributed by atoms with Gasteiger partial charge in [0.15, 0.2) is 11.5 Å². The molecule has 0 aliphatic carbocycles. The zero-order chi connectivity index (χ0) is 11.8. The Bertz CT molecular complexity index is 308. The fourth-order valence-electron chi connectivity index (χ4n) is 1.83. The van der Waals surface area contributed by atoms with Gasteiger partial charge in [-0.05, 0) is 30.5 Å². The molecule has 90 valence electrons. The smallest absolute Gasteiger partial charge is 0.157 e. The lowest BCUT2D eigenvalue weighted by atomic mass is 10.0. The van der Waals surface area contributed by atoms with Gasteiger partial charge in [0.25, 0.3) is 0 Å². The maximum atomic E-state index is 9.32. The molecular formula is C14H22O2. The van der Waals surface area contributed by atoms with Gasteiger partial charge in [0.1, 0.15) is 0 Å². The van der Waals surface area contributed by atoms with E-state index in [-0.39, 0.29) is 11.5 Å². The van der Waals surface area contributed by atoms with E-state index in [0.29, 0.717) is 0 Å². The summed E-state index contributed by atoms with van der Waals surface area (Å²) in [7, 11) is 0. The molecule has 0 atom stereocenters. The first-order valence-corrected chi connectivity index (χ1v) is 6.25. The third-order valence-corrected chi connectivity index (χ3v) is 2.86. The molecule has 1 rings (SSSR count). The molecule has 0 bridgehead atoms. The molecule has 0 heterocycles. The maximum Gasteiger partial charge on any atom is 0.157 e. The first kappa shape index (κ1) is 12.9. The SMILES string of the molecule is CCCCCCCCc1ccc(O)c(O)c1. The van der Waals surface area contributed by atoms with Crippen molar-refractivity contribution in [2.45, 2.75) is 51.9 Å². The predicted octanol–water partition coefficient (Wildman–Crippen LogP) is 4.00. The highest BCUT2D eigenvalue weighted by atomic mass is 16.3. The number of aromatic hydroxyl groups is 2. The summed E-state index contributed by atoms with van der Waals surface area (Å²) in [5.74, 6) is -0.0461. The van der Waals surface area contributed by atoms with Crippen molar-refractivity contribution in [3.05, 3.63) is 23.8 Å². The van der Waals surface area contributed by atoms with Gasteiger partial charge in [0.05, 0.1) is 0 Å². The first-order chi connectivity index (χ1) is 7.74. The maximum absolute atomic E-state index is 9.32. The Labute approximate surface area is 97.9 Å². The van der Waals surface area contributed by atoms with Gasteiger partial charge in [-0.2, -0.15) is 0 Å². The van der Waals surface area contributed by atoms with Gasteiger partial charge >= 0.3 is 0 Å². The fraction of sp³-hybridized carbons (Fsp3) is 0.571. The topological polar surface area (TPSA) is 40.5 Å². The van der Waals surface area contributed by atoms with Crippen molar-refractivity contribution < 1.29 is 10.2 Å². The van der Waals surface area contributed by atoms with Crippen LogP contribution in [-0.4, -0.2) is 10.2 Å².